The van der Waals surface area contributed by atoms with Crippen LogP contribution in [-0.2, 0) is 19.4 Å². The quantitative estimate of drug-likeness (QED) is 0.437. The lowest BCUT2D eigenvalue weighted by Crippen LogP contribution is -2.31. The zero-order valence-corrected chi connectivity index (χ0v) is 17.1. The SMILES string of the molecule is Cc1ccc2c(c1)c1c(n2CCc2ccc3ccccc3c2)CCN(C)C1C. The Bertz CT molecular complexity index is 1170. The molecule has 1 aromatic heterocycles. The van der Waals surface area contributed by atoms with Gasteiger partial charge < -0.3 is 4.57 Å². The summed E-state index contributed by atoms with van der Waals surface area (Å²) in [6.45, 7) is 6.74. The summed E-state index contributed by atoms with van der Waals surface area (Å²) >= 11 is 0. The molecule has 0 amide bonds. The number of benzene rings is 3. The van der Waals surface area contributed by atoms with Gasteiger partial charge in [-0.15, -0.1) is 0 Å². The van der Waals surface area contributed by atoms with Crippen LogP contribution in [0.1, 0.15) is 35.3 Å². The highest BCUT2D eigenvalue weighted by molar-refractivity contribution is 5.87. The first-order valence-corrected chi connectivity index (χ1v) is 10.4. The van der Waals surface area contributed by atoms with Gasteiger partial charge in [0.25, 0.3) is 0 Å². The Labute approximate surface area is 167 Å². The molecule has 0 N–H and O–H groups in total. The number of fused-ring (bicyclic) bond motifs is 4. The third-order valence-corrected chi connectivity index (χ3v) is 6.59. The van der Waals surface area contributed by atoms with Crippen molar-refractivity contribution >= 4 is 21.7 Å². The highest BCUT2D eigenvalue weighted by Crippen LogP contribution is 2.37. The molecule has 3 aromatic carbocycles. The summed E-state index contributed by atoms with van der Waals surface area (Å²) < 4.78 is 2.60. The summed E-state index contributed by atoms with van der Waals surface area (Å²) in [5.41, 5.74) is 7.27. The molecule has 0 saturated carbocycles. The summed E-state index contributed by atoms with van der Waals surface area (Å²) in [5.74, 6) is 0. The van der Waals surface area contributed by atoms with Crippen LogP contribution in [0, 0.1) is 6.92 Å². The minimum absolute atomic E-state index is 0.481. The van der Waals surface area contributed by atoms with E-state index in [1.807, 2.05) is 0 Å². The molecule has 4 aromatic rings. The third kappa shape index (κ3) is 2.84. The maximum atomic E-state index is 2.60. The third-order valence-electron chi connectivity index (χ3n) is 6.59. The second kappa shape index (κ2) is 6.79. The van der Waals surface area contributed by atoms with Crippen molar-refractivity contribution in [3.63, 3.8) is 0 Å². The van der Waals surface area contributed by atoms with Crippen LogP contribution in [0.25, 0.3) is 21.7 Å². The van der Waals surface area contributed by atoms with Crippen LogP contribution >= 0.6 is 0 Å². The number of rotatable bonds is 3. The predicted molar refractivity (Wildman–Crippen MR) is 119 cm³/mol. The lowest BCUT2D eigenvalue weighted by molar-refractivity contribution is 0.245. The Morgan fingerprint density at radius 1 is 0.964 bits per heavy atom. The smallest absolute Gasteiger partial charge is 0.0486 e. The van der Waals surface area contributed by atoms with Crippen LogP contribution in [0.15, 0.2) is 60.7 Å². The Morgan fingerprint density at radius 2 is 1.79 bits per heavy atom. The van der Waals surface area contributed by atoms with Crippen LogP contribution < -0.4 is 0 Å². The largest absolute Gasteiger partial charge is 0.344 e. The average Bonchev–Trinajstić information content (AvgIpc) is 3.02. The van der Waals surface area contributed by atoms with Gasteiger partial charge in [0.1, 0.15) is 0 Å². The fourth-order valence-electron chi connectivity index (χ4n) is 4.87. The number of aromatic nitrogens is 1. The van der Waals surface area contributed by atoms with Crippen molar-refractivity contribution in [1.82, 2.24) is 9.47 Å². The van der Waals surface area contributed by atoms with E-state index >= 15 is 0 Å². The first-order valence-electron chi connectivity index (χ1n) is 10.4. The minimum atomic E-state index is 0.481. The normalized spacial score (nSPS) is 17.3. The van der Waals surface area contributed by atoms with Gasteiger partial charge in [-0.3, -0.25) is 4.90 Å². The Kier molecular flexibility index (Phi) is 4.25. The summed E-state index contributed by atoms with van der Waals surface area (Å²) in [6.07, 6.45) is 2.21. The van der Waals surface area contributed by atoms with Crippen molar-refractivity contribution in [3.8, 4) is 0 Å². The van der Waals surface area contributed by atoms with E-state index in [0.29, 0.717) is 6.04 Å². The number of hydrogen-bond acceptors (Lipinski definition) is 1. The van der Waals surface area contributed by atoms with Gasteiger partial charge in [0, 0.05) is 42.1 Å². The van der Waals surface area contributed by atoms with Crippen molar-refractivity contribution in [2.24, 2.45) is 0 Å². The fourth-order valence-corrected chi connectivity index (χ4v) is 4.87. The monoisotopic (exact) mass is 368 g/mol. The van der Waals surface area contributed by atoms with Crippen molar-refractivity contribution in [2.75, 3.05) is 13.6 Å². The molecule has 1 atom stereocenters. The zero-order chi connectivity index (χ0) is 19.3. The molecule has 5 rings (SSSR count). The van der Waals surface area contributed by atoms with Crippen molar-refractivity contribution in [1.29, 1.82) is 0 Å². The highest BCUT2D eigenvalue weighted by atomic mass is 15.1. The van der Waals surface area contributed by atoms with Crippen LogP contribution in [0.2, 0.25) is 0 Å². The highest BCUT2D eigenvalue weighted by Gasteiger charge is 2.27. The topological polar surface area (TPSA) is 8.17 Å². The van der Waals surface area contributed by atoms with Gasteiger partial charge in [0.15, 0.2) is 0 Å². The first-order chi connectivity index (χ1) is 13.6. The molecule has 1 aliphatic rings. The van der Waals surface area contributed by atoms with Gasteiger partial charge >= 0.3 is 0 Å². The molecule has 0 fully saturated rings. The second-order valence-electron chi connectivity index (χ2n) is 8.37. The number of aryl methyl sites for hydroxylation is 3. The second-order valence-corrected chi connectivity index (χ2v) is 8.37. The van der Waals surface area contributed by atoms with E-state index in [0.717, 1.165) is 25.9 Å². The minimum Gasteiger partial charge on any atom is -0.344 e. The molecule has 2 heteroatoms. The summed E-state index contributed by atoms with van der Waals surface area (Å²) in [4.78, 5) is 2.48. The summed E-state index contributed by atoms with van der Waals surface area (Å²) in [7, 11) is 2.25. The van der Waals surface area contributed by atoms with Gasteiger partial charge in [-0.1, -0.05) is 54.1 Å². The van der Waals surface area contributed by atoms with E-state index in [1.54, 1.807) is 11.3 Å². The molecule has 1 aliphatic heterocycles. The van der Waals surface area contributed by atoms with Crippen LogP contribution in [-0.4, -0.2) is 23.1 Å². The Balaban J connectivity index is 1.55. The van der Waals surface area contributed by atoms with Crippen molar-refractivity contribution in [3.05, 3.63) is 83.0 Å². The van der Waals surface area contributed by atoms with Gasteiger partial charge in [-0.25, -0.2) is 0 Å². The Morgan fingerprint density at radius 3 is 2.64 bits per heavy atom. The molecule has 1 unspecified atom stereocenters. The molecule has 0 radical (unpaired) electrons. The zero-order valence-electron chi connectivity index (χ0n) is 17.1. The van der Waals surface area contributed by atoms with E-state index in [9.17, 15) is 0 Å². The van der Waals surface area contributed by atoms with Gasteiger partial charge in [-0.05, 0) is 61.3 Å². The number of likely N-dealkylation sites (N-methyl/N-ethyl adjacent to an activating group) is 1. The number of nitrogens with zero attached hydrogens (tertiary/aromatic N) is 2. The molecule has 0 saturated heterocycles. The van der Waals surface area contributed by atoms with Crippen LogP contribution in [0.3, 0.4) is 0 Å². The van der Waals surface area contributed by atoms with Gasteiger partial charge in [-0.2, -0.15) is 0 Å². The predicted octanol–water partition coefficient (Wildman–Crippen LogP) is 5.89. The van der Waals surface area contributed by atoms with Gasteiger partial charge in [0.2, 0.25) is 0 Å². The maximum Gasteiger partial charge on any atom is 0.0486 e. The molecule has 2 nitrogen and oxygen atoms in total. The molecule has 142 valence electrons. The molecule has 0 spiro atoms. The standard InChI is InChI=1S/C26H28N2/c1-18-8-11-24-23(16-18)26-19(2)27(3)14-13-25(26)28(24)15-12-20-9-10-21-6-4-5-7-22(21)17-20/h4-11,16-17,19H,12-15H2,1-3H3. The van der Waals surface area contributed by atoms with Crippen molar-refractivity contribution < 1.29 is 0 Å². The maximum absolute atomic E-state index is 2.60. The average molecular weight is 369 g/mol. The van der Waals surface area contributed by atoms with E-state index in [2.05, 4.69) is 91.0 Å². The lowest BCUT2D eigenvalue weighted by Gasteiger charge is -2.31. The summed E-state index contributed by atoms with van der Waals surface area (Å²) in [5, 5.41) is 4.11. The molecule has 0 aliphatic carbocycles. The van der Waals surface area contributed by atoms with Crippen molar-refractivity contribution in [2.45, 2.75) is 39.3 Å². The van der Waals surface area contributed by atoms with Crippen LogP contribution in [0.5, 0.6) is 0 Å². The number of hydrogen-bond donors (Lipinski definition) is 0. The lowest BCUT2D eigenvalue weighted by atomic mass is 9.97. The molecule has 2 heterocycles. The Hall–Kier alpha value is -2.58. The molecular weight excluding hydrogens is 340 g/mol. The fraction of sp³-hybridized carbons (Fsp3) is 0.308. The van der Waals surface area contributed by atoms with Crippen LogP contribution in [0.4, 0.5) is 0 Å². The molecule has 0 bridgehead atoms. The van der Waals surface area contributed by atoms with E-state index < -0.39 is 0 Å². The van der Waals surface area contributed by atoms with Gasteiger partial charge in [0.05, 0.1) is 0 Å². The summed E-state index contributed by atoms with van der Waals surface area (Å²) in [6, 6.07) is 23.0. The molecule has 28 heavy (non-hydrogen) atoms. The van der Waals surface area contributed by atoms with E-state index in [4.69, 9.17) is 0 Å². The first kappa shape index (κ1) is 17.5. The molecular formula is C26H28N2. The van der Waals surface area contributed by atoms with E-state index in [1.165, 1.54) is 32.8 Å². The van der Waals surface area contributed by atoms with E-state index in [-0.39, 0.29) is 0 Å².